The molecule has 0 saturated heterocycles. The number of carbonyl (C=O) groups is 2. The lowest BCUT2D eigenvalue weighted by atomic mass is 9.84. The first-order chi connectivity index (χ1) is 14.4. The van der Waals surface area contributed by atoms with Crippen molar-refractivity contribution in [1.29, 1.82) is 0 Å². The van der Waals surface area contributed by atoms with Crippen LogP contribution in [0.25, 0.3) is 0 Å². The second-order valence-electron chi connectivity index (χ2n) is 8.22. The smallest absolute Gasteiger partial charge is 0.264 e. The average Bonchev–Trinajstić information content (AvgIpc) is 2.98. The van der Waals surface area contributed by atoms with Crippen molar-refractivity contribution in [1.82, 2.24) is 5.32 Å². The van der Waals surface area contributed by atoms with E-state index in [4.69, 9.17) is 11.6 Å². The summed E-state index contributed by atoms with van der Waals surface area (Å²) in [6, 6.07) is 14.5. The van der Waals surface area contributed by atoms with Crippen LogP contribution in [0.3, 0.4) is 0 Å². The lowest BCUT2D eigenvalue weighted by molar-refractivity contribution is -0.121. The zero-order chi connectivity index (χ0) is 21.3. The van der Waals surface area contributed by atoms with Gasteiger partial charge in [-0.3, -0.25) is 9.59 Å². The summed E-state index contributed by atoms with van der Waals surface area (Å²) in [5, 5.41) is 16.8. The Kier molecular flexibility index (Phi) is 5.56. The number of rotatable bonds is 4. The summed E-state index contributed by atoms with van der Waals surface area (Å²) in [6.45, 7) is 1.66. The van der Waals surface area contributed by atoms with Gasteiger partial charge in [-0.25, -0.2) is 0 Å². The number of aliphatic hydroxyl groups is 1. The fourth-order valence-electron chi connectivity index (χ4n) is 4.38. The number of hydrogen-bond donors (Lipinski definition) is 3. The van der Waals surface area contributed by atoms with Crippen LogP contribution in [-0.4, -0.2) is 16.9 Å². The van der Waals surface area contributed by atoms with Crippen molar-refractivity contribution in [3.8, 4) is 0 Å². The Morgan fingerprint density at radius 2 is 1.70 bits per heavy atom. The van der Waals surface area contributed by atoms with Crippen LogP contribution in [0.2, 0.25) is 5.02 Å². The standard InChI is InChI=1S/C24H25ClN2O3/c1-24(17-9-11-18(25)12-10-17)21(28)20(23(30)27-24)22(29)26-19-13-7-16(8-14-19)15-5-3-2-4-6-15/h7-15,28H,2-6H2,1H3,(H,26,29)(H,27,30). The van der Waals surface area contributed by atoms with Crippen LogP contribution >= 0.6 is 11.6 Å². The quantitative estimate of drug-likeness (QED) is 0.591. The molecule has 1 unspecified atom stereocenters. The molecule has 0 spiro atoms. The van der Waals surface area contributed by atoms with E-state index in [1.807, 2.05) is 24.3 Å². The molecule has 1 atom stereocenters. The lowest BCUT2D eigenvalue weighted by Crippen LogP contribution is -2.39. The number of carbonyl (C=O) groups excluding carboxylic acids is 2. The first-order valence-electron chi connectivity index (χ1n) is 10.3. The van der Waals surface area contributed by atoms with E-state index in [0.29, 0.717) is 22.2 Å². The van der Waals surface area contributed by atoms with Crippen LogP contribution < -0.4 is 10.6 Å². The number of anilines is 1. The highest BCUT2D eigenvalue weighted by atomic mass is 35.5. The molecule has 1 aliphatic heterocycles. The van der Waals surface area contributed by atoms with Gasteiger partial charge in [0.2, 0.25) is 0 Å². The molecule has 2 amide bonds. The molecule has 30 heavy (non-hydrogen) atoms. The lowest BCUT2D eigenvalue weighted by Gasteiger charge is -2.25. The van der Waals surface area contributed by atoms with Crippen molar-refractivity contribution in [3.63, 3.8) is 0 Å². The zero-order valence-electron chi connectivity index (χ0n) is 16.9. The molecule has 1 heterocycles. The molecule has 4 rings (SSSR count). The third-order valence-electron chi connectivity index (χ3n) is 6.19. The minimum atomic E-state index is -1.18. The maximum Gasteiger partial charge on any atom is 0.264 e. The van der Waals surface area contributed by atoms with Gasteiger partial charge < -0.3 is 15.7 Å². The highest BCUT2D eigenvalue weighted by Gasteiger charge is 2.45. The SMILES string of the molecule is CC1(c2ccc(Cl)cc2)NC(=O)C(C(=O)Nc2ccc(C3CCCCC3)cc2)=C1O. The summed E-state index contributed by atoms with van der Waals surface area (Å²) in [5.74, 6) is -0.962. The van der Waals surface area contributed by atoms with Crippen LogP contribution in [-0.2, 0) is 15.1 Å². The number of amides is 2. The molecular formula is C24H25ClN2O3. The predicted octanol–water partition coefficient (Wildman–Crippen LogP) is 5.18. The highest BCUT2D eigenvalue weighted by Crippen LogP contribution is 2.36. The Balaban J connectivity index is 1.52. The topological polar surface area (TPSA) is 78.4 Å². The predicted molar refractivity (Wildman–Crippen MR) is 117 cm³/mol. The molecule has 3 N–H and O–H groups in total. The van der Waals surface area contributed by atoms with Gasteiger partial charge in [-0.2, -0.15) is 0 Å². The molecule has 1 aliphatic carbocycles. The summed E-state index contributed by atoms with van der Waals surface area (Å²) in [6.07, 6.45) is 6.24. The van der Waals surface area contributed by atoms with Crippen molar-refractivity contribution in [2.24, 2.45) is 0 Å². The van der Waals surface area contributed by atoms with E-state index < -0.39 is 17.4 Å². The van der Waals surface area contributed by atoms with Gasteiger partial charge in [-0.05, 0) is 61.1 Å². The van der Waals surface area contributed by atoms with Crippen molar-refractivity contribution in [2.75, 3.05) is 5.32 Å². The minimum absolute atomic E-state index is 0.274. The Labute approximate surface area is 181 Å². The first-order valence-corrected chi connectivity index (χ1v) is 10.7. The Morgan fingerprint density at radius 3 is 2.33 bits per heavy atom. The van der Waals surface area contributed by atoms with Crippen molar-refractivity contribution < 1.29 is 14.7 Å². The van der Waals surface area contributed by atoms with E-state index >= 15 is 0 Å². The molecule has 0 bridgehead atoms. The second-order valence-corrected chi connectivity index (χ2v) is 8.66. The molecule has 156 valence electrons. The largest absolute Gasteiger partial charge is 0.508 e. The maximum atomic E-state index is 12.8. The Hall–Kier alpha value is -2.79. The van der Waals surface area contributed by atoms with Crippen LogP contribution in [0.15, 0.2) is 59.9 Å². The zero-order valence-corrected chi connectivity index (χ0v) is 17.6. The fourth-order valence-corrected chi connectivity index (χ4v) is 4.50. The number of benzene rings is 2. The van der Waals surface area contributed by atoms with Gasteiger partial charge in [-0.15, -0.1) is 0 Å². The highest BCUT2D eigenvalue weighted by molar-refractivity contribution is 6.30. The first kappa shape index (κ1) is 20.5. The minimum Gasteiger partial charge on any atom is -0.508 e. The van der Waals surface area contributed by atoms with Crippen LogP contribution in [0.5, 0.6) is 0 Å². The second kappa shape index (κ2) is 8.15. The normalized spacial score (nSPS) is 22.1. The molecule has 6 heteroatoms. The molecule has 0 aromatic heterocycles. The number of halogens is 1. The van der Waals surface area contributed by atoms with E-state index in [0.717, 1.165) is 0 Å². The van der Waals surface area contributed by atoms with Gasteiger partial charge in [0.25, 0.3) is 11.8 Å². The third-order valence-corrected chi connectivity index (χ3v) is 6.45. The molecular weight excluding hydrogens is 400 g/mol. The average molecular weight is 425 g/mol. The molecule has 0 radical (unpaired) electrons. The Morgan fingerprint density at radius 1 is 1.07 bits per heavy atom. The van der Waals surface area contributed by atoms with Gasteiger partial charge in [0.1, 0.15) is 16.9 Å². The van der Waals surface area contributed by atoms with Gasteiger partial charge in [0.05, 0.1) is 0 Å². The van der Waals surface area contributed by atoms with E-state index in [1.54, 1.807) is 31.2 Å². The van der Waals surface area contributed by atoms with E-state index in [2.05, 4.69) is 10.6 Å². The summed E-state index contributed by atoms with van der Waals surface area (Å²) in [7, 11) is 0. The number of aliphatic hydroxyl groups excluding tert-OH is 1. The van der Waals surface area contributed by atoms with Crippen molar-refractivity contribution in [2.45, 2.75) is 50.5 Å². The summed E-state index contributed by atoms with van der Waals surface area (Å²) in [5.41, 5.74) is 1.05. The molecule has 2 aromatic carbocycles. The summed E-state index contributed by atoms with van der Waals surface area (Å²) >= 11 is 5.93. The molecule has 1 saturated carbocycles. The summed E-state index contributed by atoms with van der Waals surface area (Å²) in [4.78, 5) is 25.3. The molecule has 5 nitrogen and oxygen atoms in total. The Bertz CT molecular complexity index is 992. The van der Waals surface area contributed by atoms with Gasteiger partial charge >= 0.3 is 0 Å². The van der Waals surface area contributed by atoms with Crippen molar-refractivity contribution >= 4 is 29.1 Å². The molecule has 1 fully saturated rings. The van der Waals surface area contributed by atoms with Gasteiger partial charge in [0, 0.05) is 10.7 Å². The van der Waals surface area contributed by atoms with Crippen LogP contribution in [0.4, 0.5) is 5.69 Å². The van der Waals surface area contributed by atoms with E-state index in [9.17, 15) is 14.7 Å². The molecule has 2 aliphatic rings. The maximum absolute atomic E-state index is 12.8. The molecule has 2 aromatic rings. The number of nitrogens with one attached hydrogen (secondary N) is 2. The number of hydrogen-bond acceptors (Lipinski definition) is 3. The van der Waals surface area contributed by atoms with E-state index in [1.165, 1.54) is 37.7 Å². The van der Waals surface area contributed by atoms with Gasteiger partial charge in [-0.1, -0.05) is 55.1 Å². The van der Waals surface area contributed by atoms with E-state index in [-0.39, 0.29) is 11.3 Å². The van der Waals surface area contributed by atoms with Crippen molar-refractivity contribution in [3.05, 3.63) is 76.0 Å². The third kappa shape index (κ3) is 3.82. The van der Waals surface area contributed by atoms with Gasteiger partial charge in [0.15, 0.2) is 0 Å². The summed E-state index contributed by atoms with van der Waals surface area (Å²) < 4.78 is 0. The fraction of sp³-hybridized carbons (Fsp3) is 0.333. The monoisotopic (exact) mass is 424 g/mol. The van der Waals surface area contributed by atoms with Crippen LogP contribution in [0, 0.1) is 0 Å². The van der Waals surface area contributed by atoms with Crippen LogP contribution in [0.1, 0.15) is 56.1 Å².